The van der Waals surface area contributed by atoms with Gasteiger partial charge in [-0.2, -0.15) is 0 Å². The molecule has 4 nitrogen and oxygen atoms in total. The van der Waals surface area contributed by atoms with Crippen molar-refractivity contribution in [3.05, 3.63) is 29.8 Å². The molecule has 1 saturated carbocycles. The SMILES string of the molecule is CCOC(=O)C(COc1ccc(F)cc1F)NC1CC1. The molecule has 1 aromatic carbocycles. The van der Waals surface area contributed by atoms with E-state index in [1.54, 1.807) is 6.92 Å². The number of carbonyl (C=O) groups excluding carboxylic acids is 1. The van der Waals surface area contributed by atoms with E-state index in [0.29, 0.717) is 0 Å². The molecule has 1 atom stereocenters. The number of esters is 1. The van der Waals surface area contributed by atoms with Gasteiger partial charge in [-0.25, -0.2) is 8.78 Å². The minimum atomic E-state index is -0.793. The van der Waals surface area contributed by atoms with Crippen LogP contribution >= 0.6 is 0 Å². The first-order chi connectivity index (χ1) is 9.60. The van der Waals surface area contributed by atoms with E-state index in [1.165, 1.54) is 6.07 Å². The van der Waals surface area contributed by atoms with Crippen LogP contribution in [0.1, 0.15) is 19.8 Å². The molecule has 0 spiro atoms. The number of rotatable bonds is 7. The number of ether oxygens (including phenoxy) is 2. The molecule has 0 bridgehead atoms. The third-order valence-electron chi connectivity index (χ3n) is 2.88. The number of hydrogen-bond donors (Lipinski definition) is 1. The van der Waals surface area contributed by atoms with Crippen LogP contribution in [0, 0.1) is 11.6 Å². The van der Waals surface area contributed by atoms with Crippen molar-refractivity contribution in [2.24, 2.45) is 0 Å². The maximum absolute atomic E-state index is 13.4. The fourth-order valence-electron chi connectivity index (χ4n) is 1.73. The molecule has 1 unspecified atom stereocenters. The van der Waals surface area contributed by atoms with Crippen LogP contribution in [0.5, 0.6) is 5.75 Å². The molecule has 1 aliphatic carbocycles. The van der Waals surface area contributed by atoms with E-state index in [2.05, 4.69) is 5.32 Å². The molecule has 20 heavy (non-hydrogen) atoms. The Morgan fingerprint density at radius 3 is 2.80 bits per heavy atom. The van der Waals surface area contributed by atoms with Gasteiger partial charge >= 0.3 is 5.97 Å². The lowest BCUT2D eigenvalue weighted by Crippen LogP contribution is -2.43. The van der Waals surface area contributed by atoms with E-state index < -0.39 is 23.6 Å². The lowest BCUT2D eigenvalue weighted by Gasteiger charge is -2.17. The van der Waals surface area contributed by atoms with Gasteiger partial charge in [0.05, 0.1) is 6.61 Å². The quantitative estimate of drug-likeness (QED) is 0.779. The van der Waals surface area contributed by atoms with Gasteiger partial charge < -0.3 is 9.47 Å². The van der Waals surface area contributed by atoms with Gasteiger partial charge in [-0.1, -0.05) is 0 Å². The van der Waals surface area contributed by atoms with E-state index in [-0.39, 0.29) is 25.0 Å². The summed E-state index contributed by atoms with van der Waals surface area (Å²) in [5.74, 6) is -1.98. The number of nitrogens with one attached hydrogen (secondary N) is 1. The summed E-state index contributed by atoms with van der Waals surface area (Å²) in [6.07, 6.45) is 2.00. The first-order valence-corrected chi connectivity index (χ1v) is 6.60. The average Bonchev–Trinajstić information content (AvgIpc) is 3.20. The van der Waals surface area contributed by atoms with Crippen molar-refractivity contribution in [3.8, 4) is 5.75 Å². The highest BCUT2D eigenvalue weighted by Crippen LogP contribution is 2.21. The molecular weight excluding hydrogens is 268 g/mol. The zero-order valence-corrected chi connectivity index (χ0v) is 11.2. The molecule has 0 aliphatic heterocycles. The summed E-state index contributed by atoms with van der Waals surface area (Å²) in [4.78, 5) is 11.7. The van der Waals surface area contributed by atoms with E-state index >= 15 is 0 Å². The monoisotopic (exact) mass is 285 g/mol. The Morgan fingerprint density at radius 2 is 2.20 bits per heavy atom. The molecule has 0 radical (unpaired) electrons. The fraction of sp³-hybridized carbons (Fsp3) is 0.500. The first-order valence-electron chi connectivity index (χ1n) is 6.60. The zero-order chi connectivity index (χ0) is 14.5. The van der Waals surface area contributed by atoms with Crippen molar-refractivity contribution in [2.45, 2.75) is 31.8 Å². The van der Waals surface area contributed by atoms with Crippen molar-refractivity contribution in [1.82, 2.24) is 5.32 Å². The Bertz CT molecular complexity index is 477. The van der Waals surface area contributed by atoms with E-state index in [1.807, 2.05) is 0 Å². The van der Waals surface area contributed by atoms with Crippen LogP contribution in [0.25, 0.3) is 0 Å². The number of halogens is 2. The summed E-state index contributed by atoms with van der Waals surface area (Å²) in [5, 5.41) is 3.08. The minimum Gasteiger partial charge on any atom is -0.488 e. The number of carbonyl (C=O) groups is 1. The normalized spacial score (nSPS) is 15.8. The highest BCUT2D eigenvalue weighted by molar-refractivity contribution is 5.76. The topological polar surface area (TPSA) is 47.6 Å². The van der Waals surface area contributed by atoms with Crippen LogP contribution in [0.4, 0.5) is 8.78 Å². The largest absolute Gasteiger partial charge is 0.488 e. The van der Waals surface area contributed by atoms with Crippen LogP contribution in [0.15, 0.2) is 18.2 Å². The highest BCUT2D eigenvalue weighted by Gasteiger charge is 2.29. The van der Waals surface area contributed by atoms with Crippen molar-refractivity contribution >= 4 is 5.97 Å². The van der Waals surface area contributed by atoms with Crippen LogP contribution in [0.3, 0.4) is 0 Å². The second kappa shape index (κ2) is 6.65. The molecule has 2 rings (SSSR count). The van der Waals surface area contributed by atoms with E-state index in [9.17, 15) is 13.6 Å². The van der Waals surface area contributed by atoms with Crippen molar-refractivity contribution in [1.29, 1.82) is 0 Å². The van der Waals surface area contributed by atoms with Gasteiger partial charge in [-0.3, -0.25) is 10.1 Å². The number of benzene rings is 1. The first kappa shape index (κ1) is 14.7. The lowest BCUT2D eigenvalue weighted by atomic mass is 10.3. The Hall–Kier alpha value is -1.69. The van der Waals surface area contributed by atoms with Crippen LogP contribution in [0.2, 0.25) is 0 Å². The third-order valence-corrected chi connectivity index (χ3v) is 2.88. The van der Waals surface area contributed by atoms with Gasteiger partial charge in [-0.05, 0) is 31.9 Å². The van der Waals surface area contributed by atoms with Crippen LogP contribution in [-0.2, 0) is 9.53 Å². The molecule has 0 saturated heterocycles. The summed E-state index contributed by atoms with van der Waals surface area (Å²) in [6.45, 7) is 1.93. The van der Waals surface area contributed by atoms with E-state index in [4.69, 9.17) is 9.47 Å². The van der Waals surface area contributed by atoms with Gasteiger partial charge in [0.15, 0.2) is 11.6 Å². The van der Waals surface area contributed by atoms with Gasteiger partial charge in [-0.15, -0.1) is 0 Å². The minimum absolute atomic E-state index is 0.0577. The van der Waals surface area contributed by atoms with Gasteiger partial charge in [0.25, 0.3) is 0 Å². The molecule has 0 aromatic heterocycles. The maximum Gasteiger partial charge on any atom is 0.326 e. The Morgan fingerprint density at radius 1 is 1.45 bits per heavy atom. The summed E-state index contributed by atoms with van der Waals surface area (Å²) in [7, 11) is 0. The van der Waals surface area contributed by atoms with Crippen molar-refractivity contribution < 1.29 is 23.0 Å². The molecule has 0 amide bonds. The van der Waals surface area contributed by atoms with Gasteiger partial charge in [0, 0.05) is 12.1 Å². The predicted octanol–water partition coefficient (Wildman–Crippen LogP) is 2.03. The fourth-order valence-corrected chi connectivity index (χ4v) is 1.73. The van der Waals surface area contributed by atoms with E-state index in [0.717, 1.165) is 25.0 Å². The summed E-state index contributed by atoms with van der Waals surface area (Å²) in [6, 6.07) is 2.68. The number of hydrogen-bond acceptors (Lipinski definition) is 4. The van der Waals surface area contributed by atoms with Crippen molar-refractivity contribution in [2.75, 3.05) is 13.2 Å². The molecule has 110 valence electrons. The maximum atomic E-state index is 13.4. The molecule has 6 heteroatoms. The summed E-state index contributed by atoms with van der Waals surface area (Å²) in [5.41, 5.74) is 0. The Labute approximate surface area is 116 Å². The van der Waals surface area contributed by atoms with Crippen LogP contribution in [-0.4, -0.2) is 31.3 Å². The smallest absolute Gasteiger partial charge is 0.326 e. The third kappa shape index (κ3) is 4.16. The van der Waals surface area contributed by atoms with Gasteiger partial charge in [0.1, 0.15) is 18.5 Å². The standard InChI is InChI=1S/C14H17F2NO3/c1-2-19-14(18)12(17-10-4-5-10)8-20-13-6-3-9(15)7-11(13)16/h3,6-7,10,12,17H,2,4-5,8H2,1H3. The second-order valence-corrected chi connectivity index (χ2v) is 4.63. The lowest BCUT2D eigenvalue weighted by molar-refractivity contribution is -0.146. The molecule has 1 N–H and O–H groups in total. The molecule has 0 heterocycles. The Kier molecular flexibility index (Phi) is 4.89. The van der Waals surface area contributed by atoms with Crippen LogP contribution < -0.4 is 10.1 Å². The average molecular weight is 285 g/mol. The second-order valence-electron chi connectivity index (χ2n) is 4.63. The Balaban J connectivity index is 1.94. The summed E-state index contributed by atoms with van der Waals surface area (Å²) < 4.78 is 36.4. The molecule has 1 aromatic rings. The highest BCUT2D eigenvalue weighted by atomic mass is 19.1. The molecule has 1 fully saturated rings. The zero-order valence-electron chi connectivity index (χ0n) is 11.2. The summed E-state index contributed by atoms with van der Waals surface area (Å²) >= 11 is 0. The predicted molar refractivity (Wildman–Crippen MR) is 68.4 cm³/mol. The van der Waals surface area contributed by atoms with Crippen molar-refractivity contribution in [3.63, 3.8) is 0 Å². The van der Waals surface area contributed by atoms with Gasteiger partial charge in [0.2, 0.25) is 0 Å². The molecular formula is C14H17F2NO3. The molecule has 1 aliphatic rings.